The molecule has 0 spiro atoms. The summed E-state index contributed by atoms with van der Waals surface area (Å²) in [6, 6.07) is 0.873. The van der Waals surface area contributed by atoms with E-state index in [4.69, 9.17) is 0 Å². The summed E-state index contributed by atoms with van der Waals surface area (Å²) in [5.41, 5.74) is 0. The average Bonchev–Trinajstić information content (AvgIpc) is 2.78. The molecular weight excluding hydrogens is 374 g/mol. The molecular formula is C25H43N3O2. The van der Waals surface area contributed by atoms with Crippen LogP contribution >= 0.6 is 0 Å². The van der Waals surface area contributed by atoms with E-state index in [0.29, 0.717) is 36.9 Å². The quantitative estimate of drug-likeness (QED) is 0.762. The second-order valence-electron chi connectivity index (χ2n) is 10.9. The molecule has 5 unspecified atom stereocenters. The van der Waals surface area contributed by atoms with Crippen molar-refractivity contribution >= 4 is 11.8 Å². The Balaban J connectivity index is 1.27. The van der Waals surface area contributed by atoms with E-state index in [-0.39, 0.29) is 17.9 Å². The first-order chi connectivity index (χ1) is 14.5. The normalized spacial score (nSPS) is 40.0. The van der Waals surface area contributed by atoms with Crippen LogP contribution in [0.15, 0.2) is 0 Å². The Hall–Kier alpha value is -1.10. The Morgan fingerprint density at radius 3 is 2.10 bits per heavy atom. The number of hydrogen-bond acceptors (Lipinski definition) is 3. The summed E-state index contributed by atoms with van der Waals surface area (Å²) in [6.07, 6.45) is 10.7. The van der Waals surface area contributed by atoms with E-state index in [0.717, 1.165) is 44.2 Å². The van der Waals surface area contributed by atoms with Gasteiger partial charge in [-0.1, -0.05) is 20.3 Å². The number of hydrogen-bond donors (Lipinski definition) is 1. The van der Waals surface area contributed by atoms with Gasteiger partial charge in [0.05, 0.1) is 5.92 Å². The minimum atomic E-state index is 0.100. The Labute approximate surface area is 183 Å². The highest BCUT2D eigenvalue weighted by Crippen LogP contribution is 2.38. The topological polar surface area (TPSA) is 52.7 Å². The van der Waals surface area contributed by atoms with Crippen LogP contribution in [0.2, 0.25) is 0 Å². The predicted octanol–water partition coefficient (Wildman–Crippen LogP) is 3.68. The summed E-state index contributed by atoms with van der Waals surface area (Å²) < 4.78 is 0. The van der Waals surface area contributed by atoms with E-state index in [1.807, 2.05) is 9.80 Å². The number of amides is 2. The molecule has 2 heterocycles. The Morgan fingerprint density at radius 1 is 0.833 bits per heavy atom. The van der Waals surface area contributed by atoms with E-state index in [1.54, 1.807) is 0 Å². The number of nitrogens with one attached hydrogen (secondary N) is 1. The maximum absolute atomic E-state index is 13.3. The van der Waals surface area contributed by atoms with Gasteiger partial charge >= 0.3 is 0 Å². The van der Waals surface area contributed by atoms with Crippen molar-refractivity contribution in [2.24, 2.45) is 29.6 Å². The zero-order valence-corrected chi connectivity index (χ0v) is 19.4. The number of fused-ring (bicyclic) bond motifs is 1. The summed E-state index contributed by atoms with van der Waals surface area (Å²) >= 11 is 0. The Bertz CT molecular complexity index is 608. The SMILES string of the molecule is CCC1CCC(C(=O)N2CCN(C(=O)C3CC4CC(C)CCC4NC3C)CC2)CC1. The summed E-state index contributed by atoms with van der Waals surface area (Å²) in [6.45, 7) is 9.68. The van der Waals surface area contributed by atoms with Crippen molar-refractivity contribution in [3.05, 3.63) is 0 Å². The molecule has 2 saturated heterocycles. The lowest BCUT2D eigenvalue weighted by Gasteiger charge is -2.46. The van der Waals surface area contributed by atoms with Crippen LogP contribution in [0.25, 0.3) is 0 Å². The molecule has 0 radical (unpaired) electrons. The molecule has 5 atom stereocenters. The lowest BCUT2D eigenvalue weighted by molar-refractivity contribution is -0.146. The molecule has 0 aromatic carbocycles. The van der Waals surface area contributed by atoms with E-state index >= 15 is 0 Å². The minimum absolute atomic E-state index is 0.100. The zero-order chi connectivity index (χ0) is 21.3. The Kier molecular flexibility index (Phi) is 7.06. The maximum atomic E-state index is 13.3. The Morgan fingerprint density at radius 2 is 1.47 bits per heavy atom. The van der Waals surface area contributed by atoms with E-state index < -0.39 is 0 Å². The molecule has 170 valence electrons. The van der Waals surface area contributed by atoms with Crippen molar-refractivity contribution < 1.29 is 9.59 Å². The van der Waals surface area contributed by atoms with Gasteiger partial charge in [-0.25, -0.2) is 0 Å². The van der Waals surface area contributed by atoms with Gasteiger partial charge in [0.2, 0.25) is 11.8 Å². The van der Waals surface area contributed by atoms with Gasteiger partial charge in [0, 0.05) is 44.2 Å². The van der Waals surface area contributed by atoms with Crippen LogP contribution in [0.4, 0.5) is 0 Å². The number of carbonyl (C=O) groups excluding carboxylic acids is 2. The molecule has 2 aliphatic carbocycles. The number of nitrogens with zero attached hydrogens (tertiary/aromatic N) is 2. The molecule has 5 nitrogen and oxygen atoms in total. The van der Waals surface area contributed by atoms with Crippen LogP contribution in [-0.4, -0.2) is 59.9 Å². The molecule has 2 amide bonds. The van der Waals surface area contributed by atoms with E-state index in [2.05, 4.69) is 26.1 Å². The van der Waals surface area contributed by atoms with Crippen molar-refractivity contribution in [2.45, 2.75) is 90.6 Å². The fraction of sp³-hybridized carbons (Fsp3) is 0.920. The summed E-state index contributed by atoms with van der Waals surface area (Å²) in [5.74, 6) is 3.26. The van der Waals surface area contributed by atoms with Crippen LogP contribution in [0.5, 0.6) is 0 Å². The highest BCUT2D eigenvalue weighted by molar-refractivity contribution is 5.81. The van der Waals surface area contributed by atoms with Gasteiger partial charge in [-0.2, -0.15) is 0 Å². The first-order valence-electron chi connectivity index (χ1n) is 12.8. The fourth-order valence-electron chi connectivity index (χ4n) is 6.74. The van der Waals surface area contributed by atoms with E-state index in [1.165, 1.54) is 38.5 Å². The molecule has 4 rings (SSSR count). The van der Waals surface area contributed by atoms with Crippen LogP contribution < -0.4 is 5.32 Å². The molecule has 4 fully saturated rings. The second kappa shape index (κ2) is 9.58. The van der Waals surface area contributed by atoms with Gasteiger partial charge in [-0.15, -0.1) is 0 Å². The monoisotopic (exact) mass is 417 g/mol. The number of carbonyl (C=O) groups is 2. The lowest BCUT2D eigenvalue weighted by Crippen LogP contribution is -2.59. The van der Waals surface area contributed by atoms with E-state index in [9.17, 15) is 9.59 Å². The molecule has 5 heteroatoms. The van der Waals surface area contributed by atoms with Gasteiger partial charge in [-0.3, -0.25) is 9.59 Å². The first kappa shape index (κ1) is 22.1. The van der Waals surface area contributed by atoms with Crippen LogP contribution in [0, 0.1) is 29.6 Å². The molecule has 2 saturated carbocycles. The summed E-state index contributed by atoms with van der Waals surface area (Å²) in [4.78, 5) is 30.4. The fourth-order valence-corrected chi connectivity index (χ4v) is 6.74. The average molecular weight is 418 g/mol. The third-order valence-corrected chi connectivity index (χ3v) is 8.88. The van der Waals surface area contributed by atoms with Gasteiger partial charge in [0.15, 0.2) is 0 Å². The minimum Gasteiger partial charge on any atom is -0.339 e. The number of piperidine rings is 1. The summed E-state index contributed by atoms with van der Waals surface area (Å²) in [7, 11) is 0. The molecule has 2 aliphatic heterocycles. The van der Waals surface area contributed by atoms with Crippen molar-refractivity contribution in [1.82, 2.24) is 15.1 Å². The third kappa shape index (κ3) is 4.71. The highest BCUT2D eigenvalue weighted by Gasteiger charge is 2.42. The molecule has 0 aromatic rings. The number of piperazine rings is 1. The first-order valence-corrected chi connectivity index (χ1v) is 12.8. The molecule has 30 heavy (non-hydrogen) atoms. The van der Waals surface area contributed by atoms with Gasteiger partial charge in [0.25, 0.3) is 0 Å². The largest absolute Gasteiger partial charge is 0.339 e. The zero-order valence-electron chi connectivity index (χ0n) is 19.4. The number of rotatable bonds is 3. The molecule has 1 N–H and O–H groups in total. The smallest absolute Gasteiger partial charge is 0.227 e. The highest BCUT2D eigenvalue weighted by atomic mass is 16.2. The second-order valence-corrected chi connectivity index (χ2v) is 10.9. The maximum Gasteiger partial charge on any atom is 0.227 e. The lowest BCUT2D eigenvalue weighted by atomic mass is 9.70. The third-order valence-electron chi connectivity index (χ3n) is 8.88. The molecule has 4 aliphatic rings. The van der Waals surface area contributed by atoms with Crippen LogP contribution in [0.1, 0.15) is 78.6 Å². The van der Waals surface area contributed by atoms with Crippen molar-refractivity contribution in [2.75, 3.05) is 26.2 Å². The van der Waals surface area contributed by atoms with Crippen molar-refractivity contribution in [1.29, 1.82) is 0 Å². The van der Waals surface area contributed by atoms with Gasteiger partial charge < -0.3 is 15.1 Å². The van der Waals surface area contributed by atoms with Crippen LogP contribution in [-0.2, 0) is 9.59 Å². The molecule has 0 bridgehead atoms. The summed E-state index contributed by atoms with van der Waals surface area (Å²) in [5, 5.41) is 3.78. The van der Waals surface area contributed by atoms with Gasteiger partial charge in [0.1, 0.15) is 0 Å². The standard InChI is InChI=1S/C25H43N3O2/c1-4-19-6-8-20(9-7-19)24(29)27-11-13-28(14-12-27)25(30)22-16-21-15-17(2)5-10-23(21)26-18(22)3/h17-23,26H,4-16H2,1-3H3. The predicted molar refractivity (Wildman–Crippen MR) is 120 cm³/mol. The van der Waals surface area contributed by atoms with Gasteiger partial charge in [-0.05, 0) is 76.0 Å². The van der Waals surface area contributed by atoms with Crippen LogP contribution in [0.3, 0.4) is 0 Å². The van der Waals surface area contributed by atoms with Crippen molar-refractivity contribution in [3.63, 3.8) is 0 Å². The molecule has 0 aromatic heterocycles. The van der Waals surface area contributed by atoms with Crippen molar-refractivity contribution in [3.8, 4) is 0 Å².